The molecular weight excluding hydrogens is 326 g/mol. The SMILES string of the molecule is CN=C(NCCCN(C)c1ccccc1)N1CCC(N2CCOCC2)C1. The quantitative estimate of drug-likeness (QED) is 0.474. The first-order valence-electron chi connectivity index (χ1n) is 9.81. The van der Waals surface area contributed by atoms with Gasteiger partial charge in [0.1, 0.15) is 0 Å². The molecule has 0 aliphatic carbocycles. The molecule has 1 N–H and O–H groups in total. The summed E-state index contributed by atoms with van der Waals surface area (Å²) >= 11 is 0. The van der Waals surface area contributed by atoms with Crippen LogP contribution in [0.15, 0.2) is 35.3 Å². The van der Waals surface area contributed by atoms with Crippen LogP contribution in [0.1, 0.15) is 12.8 Å². The number of likely N-dealkylation sites (tertiary alicyclic amines) is 1. The maximum absolute atomic E-state index is 5.48. The minimum absolute atomic E-state index is 0.640. The van der Waals surface area contributed by atoms with Crippen LogP contribution in [0.5, 0.6) is 0 Å². The Morgan fingerprint density at radius 1 is 1.23 bits per heavy atom. The van der Waals surface area contributed by atoms with Crippen molar-refractivity contribution >= 4 is 11.6 Å². The number of hydrogen-bond donors (Lipinski definition) is 1. The van der Waals surface area contributed by atoms with E-state index in [1.807, 2.05) is 7.05 Å². The summed E-state index contributed by atoms with van der Waals surface area (Å²) in [6.07, 6.45) is 2.31. The molecule has 2 aliphatic rings. The van der Waals surface area contributed by atoms with Crippen LogP contribution in [0.4, 0.5) is 5.69 Å². The van der Waals surface area contributed by atoms with Gasteiger partial charge in [0.15, 0.2) is 5.96 Å². The second-order valence-electron chi connectivity index (χ2n) is 7.12. The molecule has 1 aromatic carbocycles. The predicted octanol–water partition coefficient (Wildman–Crippen LogP) is 1.49. The summed E-state index contributed by atoms with van der Waals surface area (Å²) < 4.78 is 5.48. The van der Waals surface area contributed by atoms with Crippen molar-refractivity contribution in [3.05, 3.63) is 30.3 Å². The van der Waals surface area contributed by atoms with Crippen LogP contribution in [-0.4, -0.2) is 88.4 Å². The van der Waals surface area contributed by atoms with Gasteiger partial charge in [0.2, 0.25) is 0 Å². The maximum atomic E-state index is 5.48. The topological polar surface area (TPSA) is 43.3 Å². The van der Waals surface area contributed by atoms with Crippen LogP contribution in [0.3, 0.4) is 0 Å². The van der Waals surface area contributed by atoms with Gasteiger partial charge in [-0.25, -0.2) is 0 Å². The van der Waals surface area contributed by atoms with E-state index in [0.29, 0.717) is 6.04 Å². The molecule has 0 bridgehead atoms. The molecule has 2 saturated heterocycles. The average molecular weight is 360 g/mol. The number of morpholine rings is 1. The highest BCUT2D eigenvalue weighted by molar-refractivity contribution is 5.80. The minimum atomic E-state index is 0.640. The number of nitrogens with one attached hydrogen (secondary N) is 1. The molecule has 26 heavy (non-hydrogen) atoms. The van der Waals surface area contributed by atoms with E-state index in [-0.39, 0.29) is 0 Å². The third kappa shape index (κ3) is 5.11. The molecule has 1 atom stereocenters. The van der Waals surface area contributed by atoms with Gasteiger partial charge >= 0.3 is 0 Å². The van der Waals surface area contributed by atoms with E-state index in [2.05, 4.69) is 62.4 Å². The van der Waals surface area contributed by atoms with Crippen LogP contribution in [0.2, 0.25) is 0 Å². The molecular formula is C20H33N5O. The summed E-state index contributed by atoms with van der Waals surface area (Å²) in [7, 11) is 4.04. The normalized spacial score (nSPS) is 21.8. The Labute approximate surface area is 157 Å². The van der Waals surface area contributed by atoms with Crippen LogP contribution < -0.4 is 10.2 Å². The lowest BCUT2D eigenvalue weighted by atomic mass is 10.2. The monoisotopic (exact) mass is 359 g/mol. The Morgan fingerprint density at radius 2 is 2.00 bits per heavy atom. The second kappa shape index (κ2) is 9.78. The van der Waals surface area contributed by atoms with E-state index in [9.17, 15) is 0 Å². The highest BCUT2D eigenvalue weighted by Gasteiger charge is 2.30. The van der Waals surface area contributed by atoms with Gasteiger partial charge in [0.05, 0.1) is 13.2 Å². The number of benzene rings is 1. The fraction of sp³-hybridized carbons (Fsp3) is 0.650. The third-order valence-corrected chi connectivity index (χ3v) is 5.39. The Hall–Kier alpha value is -1.79. The van der Waals surface area contributed by atoms with Crippen molar-refractivity contribution in [2.24, 2.45) is 4.99 Å². The Kier molecular flexibility index (Phi) is 7.14. The fourth-order valence-electron chi connectivity index (χ4n) is 3.84. The molecule has 2 aliphatic heterocycles. The van der Waals surface area contributed by atoms with Crippen molar-refractivity contribution in [1.82, 2.24) is 15.1 Å². The number of hydrogen-bond acceptors (Lipinski definition) is 4. The molecule has 0 amide bonds. The van der Waals surface area contributed by atoms with Crippen LogP contribution >= 0.6 is 0 Å². The Bertz CT molecular complexity index is 559. The van der Waals surface area contributed by atoms with Gasteiger partial charge in [-0.1, -0.05) is 18.2 Å². The molecule has 6 nitrogen and oxygen atoms in total. The number of nitrogens with zero attached hydrogens (tertiary/aromatic N) is 4. The largest absolute Gasteiger partial charge is 0.379 e. The van der Waals surface area contributed by atoms with Crippen LogP contribution in [-0.2, 0) is 4.74 Å². The van der Waals surface area contributed by atoms with Crippen molar-refractivity contribution in [2.45, 2.75) is 18.9 Å². The molecule has 0 saturated carbocycles. The van der Waals surface area contributed by atoms with Gasteiger partial charge in [-0.3, -0.25) is 9.89 Å². The summed E-state index contributed by atoms with van der Waals surface area (Å²) in [6, 6.07) is 11.2. The molecule has 2 heterocycles. The minimum Gasteiger partial charge on any atom is -0.379 e. The third-order valence-electron chi connectivity index (χ3n) is 5.39. The standard InChI is InChI=1S/C20H33N5O/c1-21-20(22-10-6-11-23(2)18-7-4-3-5-8-18)25-12-9-19(17-25)24-13-15-26-16-14-24/h3-5,7-8,19H,6,9-17H2,1-2H3,(H,21,22). The smallest absolute Gasteiger partial charge is 0.193 e. The number of anilines is 1. The van der Waals surface area contributed by atoms with Crippen molar-refractivity contribution in [3.63, 3.8) is 0 Å². The van der Waals surface area contributed by atoms with Gasteiger partial charge in [-0.15, -0.1) is 0 Å². The number of para-hydroxylation sites is 1. The summed E-state index contributed by atoms with van der Waals surface area (Å²) in [5.41, 5.74) is 1.27. The zero-order valence-corrected chi connectivity index (χ0v) is 16.2. The second-order valence-corrected chi connectivity index (χ2v) is 7.12. The summed E-state index contributed by atoms with van der Waals surface area (Å²) in [5.74, 6) is 1.04. The van der Waals surface area contributed by atoms with E-state index in [1.54, 1.807) is 0 Å². The predicted molar refractivity (Wildman–Crippen MR) is 108 cm³/mol. The lowest BCUT2D eigenvalue weighted by Gasteiger charge is -2.32. The molecule has 3 rings (SSSR count). The van der Waals surface area contributed by atoms with E-state index < -0.39 is 0 Å². The van der Waals surface area contributed by atoms with Gasteiger partial charge in [-0.2, -0.15) is 0 Å². The highest BCUT2D eigenvalue weighted by Crippen LogP contribution is 2.17. The maximum Gasteiger partial charge on any atom is 0.193 e. The van der Waals surface area contributed by atoms with Gasteiger partial charge in [0.25, 0.3) is 0 Å². The van der Waals surface area contributed by atoms with E-state index in [0.717, 1.165) is 64.9 Å². The zero-order valence-electron chi connectivity index (χ0n) is 16.2. The lowest BCUT2D eigenvalue weighted by molar-refractivity contribution is 0.0195. The molecule has 6 heteroatoms. The first-order valence-corrected chi connectivity index (χ1v) is 9.81. The summed E-state index contributed by atoms with van der Waals surface area (Å²) in [6.45, 7) is 8.02. The number of aliphatic imine (C=N–C) groups is 1. The van der Waals surface area contributed by atoms with Crippen LogP contribution in [0.25, 0.3) is 0 Å². The van der Waals surface area contributed by atoms with Gasteiger partial charge in [0, 0.05) is 65.1 Å². The first-order chi connectivity index (χ1) is 12.8. The highest BCUT2D eigenvalue weighted by atomic mass is 16.5. The van der Waals surface area contributed by atoms with Crippen molar-refractivity contribution in [2.75, 3.05) is 71.5 Å². The van der Waals surface area contributed by atoms with E-state index >= 15 is 0 Å². The molecule has 0 aromatic heterocycles. The van der Waals surface area contributed by atoms with Crippen LogP contribution in [0, 0.1) is 0 Å². The van der Waals surface area contributed by atoms with E-state index in [4.69, 9.17) is 4.74 Å². The van der Waals surface area contributed by atoms with Crippen molar-refractivity contribution < 1.29 is 4.74 Å². The van der Waals surface area contributed by atoms with Crippen molar-refractivity contribution in [1.29, 1.82) is 0 Å². The van der Waals surface area contributed by atoms with Gasteiger partial charge in [-0.05, 0) is 25.0 Å². The molecule has 1 aromatic rings. The van der Waals surface area contributed by atoms with Gasteiger partial charge < -0.3 is 19.9 Å². The summed E-state index contributed by atoms with van der Waals surface area (Å²) in [4.78, 5) is 11.8. The molecule has 1 unspecified atom stereocenters. The Balaban J connectivity index is 1.38. The Morgan fingerprint density at radius 3 is 2.73 bits per heavy atom. The molecule has 0 radical (unpaired) electrons. The number of rotatable bonds is 6. The molecule has 0 spiro atoms. The first kappa shape index (κ1) is 19.0. The zero-order chi connectivity index (χ0) is 18.2. The molecule has 2 fully saturated rings. The summed E-state index contributed by atoms with van der Waals surface area (Å²) in [5, 5.41) is 3.55. The molecule has 144 valence electrons. The van der Waals surface area contributed by atoms with Crippen molar-refractivity contribution in [3.8, 4) is 0 Å². The fourth-order valence-corrected chi connectivity index (χ4v) is 3.84. The lowest BCUT2D eigenvalue weighted by Crippen LogP contribution is -2.46. The average Bonchev–Trinajstić information content (AvgIpc) is 3.19. The number of ether oxygens (including phenoxy) is 1. The van der Waals surface area contributed by atoms with E-state index in [1.165, 1.54) is 12.1 Å². The number of guanidine groups is 1.